The highest BCUT2D eigenvalue weighted by molar-refractivity contribution is 4.61. The highest BCUT2D eigenvalue weighted by atomic mass is 15.1. The van der Waals surface area contributed by atoms with Gasteiger partial charge in [-0.2, -0.15) is 0 Å². The van der Waals surface area contributed by atoms with E-state index in [-0.39, 0.29) is 0 Å². The van der Waals surface area contributed by atoms with Crippen molar-refractivity contribution in [1.29, 1.82) is 0 Å². The number of nitrogens with two attached hydrogens (primary N) is 1. The molecule has 1 unspecified atom stereocenters. The fourth-order valence-corrected chi connectivity index (χ4v) is 1.48. The van der Waals surface area contributed by atoms with Gasteiger partial charge in [-0.05, 0) is 51.4 Å². The summed E-state index contributed by atoms with van der Waals surface area (Å²) in [6, 6.07) is 0. The summed E-state index contributed by atoms with van der Waals surface area (Å²) in [6.45, 7) is 10.0. The van der Waals surface area contributed by atoms with Crippen molar-refractivity contribution in [3.05, 3.63) is 0 Å². The third-order valence-electron chi connectivity index (χ3n) is 2.92. The van der Waals surface area contributed by atoms with Gasteiger partial charge in [0.2, 0.25) is 0 Å². The van der Waals surface area contributed by atoms with Gasteiger partial charge in [0.1, 0.15) is 0 Å². The van der Waals surface area contributed by atoms with Gasteiger partial charge < -0.3 is 10.6 Å². The Labute approximate surface area is 89.9 Å². The quantitative estimate of drug-likeness (QED) is 0.651. The van der Waals surface area contributed by atoms with Crippen LogP contribution in [0.25, 0.3) is 0 Å². The van der Waals surface area contributed by atoms with E-state index in [0.717, 1.165) is 18.4 Å². The Morgan fingerprint density at radius 3 is 2.14 bits per heavy atom. The van der Waals surface area contributed by atoms with Crippen LogP contribution in [0.3, 0.4) is 0 Å². The van der Waals surface area contributed by atoms with Gasteiger partial charge in [0, 0.05) is 0 Å². The van der Waals surface area contributed by atoms with Gasteiger partial charge in [0.25, 0.3) is 0 Å². The summed E-state index contributed by atoms with van der Waals surface area (Å²) in [7, 11) is 2.21. The van der Waals surface area contributed by atoms with Gasteiger partial charge in [-0.1, -0.05) is 27.2 Å². The summed E-state index contributed by atoms with van der Waals surface area (Å²) in [6.07, 6.45) is 3.77. The summed E-state index contributed by atoms with van der Waals surface area (Å²) in [5.41, 5.74) is 5.67. The first-order valence-electron chi connectivity index (χ1n) is 5.98. The monoisotopic (exact) mass is 200 g/mol. The fourth-order valence-electron chi connectivity index (χ4n) is 1.48. The first-order chi connectivity index (χ1) is 6.60. The van der Waals surface area contributed by atoms with E-state index in [9.17, 15) is 0 Å². The van der Waals surface area contributed by atoms with E-state index in [1.54, 1.807) is 0 Å². The molecule has 0 bridgehead atoms. The second-order valence-electron chi connectivity index (χ2n) is 4.78. The zero-order valence-electron chi connectivity index (χ0n) is 10.4. The molecule has 0 aliphatic rings. The van der Waals surface area contributed by atoms with Gasteiger partial charge in [-0.3, -0.25) is 0 Å². The zero-order chi connectivity index (χ0) is 11.0. The first kappa shape index (κ1) is 13.9. The van der Waals surface area contributed by atoms with E-state index < -0.39 is 0 Å². The lowest BCUT2D eigenvalue weighted by atomic mass is 10.0. The number of hydrogen-bond acceptors (Lipinski definition) is 2. The minimum absolute atomic E-state index is 0.719. The SMILES string of the molecule is CCC(CN)CCN(C)CCC(C)C. The molecule has 14 heavy (non-hydrogen) atoms. The normalized spacial score (nSPS) is 13.9. The van der Waals surface area contributed by atoms with E-state index >= 15 is 0 Å². The van der Waals surface area contributed by atoms with Gasteiger partial charge in [-0.25, -0.2) is 0 Å². The van der Waals surface area contributed by atoms with Crippen molar-refractivity contribution in [2.24, 2.45) is 17.6 Å². The van der Waals surface area contributed by atoms with Crippen molar-refractivity contribution in [3.8, 4) is 0 Å². The van der Waals surface area contributed by atoms with Crippen molar-refractivity contribution < 1.29 is 0 Å². The summed E-state index contributed by atoms with van der Waals surface area (Å²) in [5.74, 6) is 1.53. The summed E-state index contributed by atoms with van der Waals surface area (Å²) in [4.78, 5) is 2.43. The maximum absolute atomic E-state index is 5.67. The van der Waals surface area contributed by atoms with Gasteiger partial charge in [0.15, 0.2) is 0 Å². The second kappa shape index (κ2) is 8.25. The molecule has 0 saturated carbocycles. The molecule has 0 aromatic rings. The van der Waals surface area contributed by atoms with Crippen LogP contribution in [0.5, 0.6) is 0 Å². The molecule has 0 heterocycles. The molecule has 0 fully saturated rings. The zero-order valence-corrected chi connectivity index (χ0v) is 10.4. The average Bonchev–Trinajstić information content (AvgIpc) is 2.16. The Hall–Kier alpha value is -0.0800. The van der Waals surface area contributed by atoms with Crippen LogP contribution in [-0.4, -0.2) is 31.6 Å². The molecule has 0 saturated heterocycles. The largest absolute Gasteiger partial charge is 0.330 e. The standard InChI is InChI=1S/C12H28N2/c1-5-12(10-13)7-9-14(4)8-6-11(2)3/h11-12H,5-10,13H2,1-4H3. The minimum Gasteiger partial charge on any atom is -0.330 e. The van der Waals surface area contributed by atoms with Crippen LogP contribution in [0.15, 0.2) is 0 Å². The first-order valence-corrected chi connectivity index (χ1v) is 5.98. The molecule has 0 aromatic heterocycles. The third kappa shape index (κ3) is 7.34. The summed E-state index contributed by atoms with van der Waals surface area (Å²) >= 11 is 0. The topological polar surface area (TPSA) is 29.3 Å². The van der Waals surface area contributed by atoms with E-state index in [0.29, 0.717) is 0 Å². The minimum atomic E-state index is 0.719. The maximum atomic E-state index is 5.67. The lowest BCUT2D eigenvalue weighted by Crippen LogP contribution is -2.25. The Bertz CT molecular complexity index is 119. The van der Waals surface area contributed by atoms with E-state index in [4.69, 9.17) is 5.73 Å². The molecule has 0 aromatic carbocycles. The summed E-state index contributed by atoms with van der Waals surface area (Å²) < 4.78 is 0. The maximum Gasteiger partial charge on any atom is -0.00187 e. The van der Waals surface area contributed by atoms with Gasteiger partial charge in [0.05, 0.1) is 0 Å². The Morgan fingerprint density at radius 2 is 1.71 bits per heavy atom. The molecule has 2 heteroatoms. The Kier molecular flexibility index (Phi) is 8.20. The van der Waals surface area contributed by atoms with E-state index in [1.807, 2.05) is 0 Å². The fraction of sp³-hybridized carbons (Fsp3) is 1.00. The molecule has 0 spiro atoms. The molecule has 0 aliphatic heterocycles. The summed E-state index contributed by atoms with van der Waals surface area (Å²) in [5, 5.41) is 0. The lowest BCUT2D eigenvalue weighted by molar-refractivity contribution is 0.282. The number of rotatable bonds is 8. The van der Waals surface area contributed by atoms with Crippen LogP contribution in [-0.2, 0) is 0 Å². The van der Waals surface area contributed by atoms with Crippen molar-refractivity contribution in [1.82, 2.24) is 4.90 Å². The molecule has 0 rings (SSSR count). The average molecular weight is 200 g/mol. The molecule has 2 nitrogen and oxygen atoms in total. The van der Waals surface area contributed by atoms with Crippen LogP contribution in [0, 0.1) is 11.8 Å². The van der Waals surface area contributed by atoms with Crippen molar-refractivity contribution in [3.63, 3.8) is 0 Å². The molecule has 0 aliphatic carbocycles. The van der Waals surface area contributed by atoms with Crippen molar-refractivity contribution >= 4 is 0 Å². The molecular formula is C12H28N2. The van der Waals surface area contributed by atoms with Crippen LogP contribution >= 0.6 is 0 Å². The number of hydrogen-bond donors (Lipinski definition) is 1. The highest BCUT2D eigenvalue weighted by Crippen LogP contribution is 2.07. The van der Waals surface area contributed by atoms with Crippen LogP contribution in [0.2, 0.25) is 0 Å². The van der Waals surface area contributed by atoms with Crippen molar-refractivity contribution in [2.45, 2.75) is 40.0 Å². The molecular weight excluding hydrogens is 172 g/mol. The lowest BCUT2D eigenvalue weighted by Gasteiger charge is -2.20. The van der Waals surface area contributed by atoms with Crippen molar-refractivity contribution in [2.75, 3.05) is 26.7 Å². The van der Waals surface area contributed by atoms with Crippen LogP contribution < -0.4 is 5.73 Å². The van der Waals surface area contributed by atoms with Gasteiger partial charge >= 0.3 is 0 Å². The second-order valence-corrected chi connectivity index (χ2v) is 4.78. The Morgan fingerprint density at radius 1 is 1.14 bits per heavy atom. The predicted octanol–water partition coefficient (Wildman–Crippen LogP) is 2.34. The van der Waals surface area contributed by atoms with E-state index in [2.05, 4.69) is 32.7 Å². The Balaban J connectivity index is 3.46. The van der Waals surface area contributed by atoms with Crippen LogP contribution in [0.4, 0.5) is 0 Å². The smallest absolute Gasteiger partial charge is 0.00187 e. The molecule has 0 radical (unpaired) electrons. The molecule has 2 N–H and O–H groups in total. The molecule has 1 atom stereocenters. The van der Waals surface area contributed by atoms with Gasteiger partial charge in [-0.15, -0.1) is 0 Å². The van der Waals surface area contributed by atoms with E-state index in [1.165, 1.54) is 32.4 Å². The highest BCUT2D eigenvalue weighted by Gasteiger charge is 2.06. The number of nitrogens with zero attached hydrogens (tertiary/aromatic N) is 1. The molecule has 0 amide bonds. The van der Waals surface area contributed by atoms with Crippen LogP contribution in [0.1, 0.15) is 40.0 Å². The third-order valence-corrected chi connectivity index (χ3v) is 2.92. The molecule has 86 valence electrons. The predicted molar refractivity (Wildman–Crippen MR) is 64.4 cm³/mol.